The fraction of sp³-hybridized carbons (Fsp3) is 0.696. The van der Waals surface area contributed by atoms with E-state index in [1.165, 1.54) is 12.8 Å². The second-order valence-electron chi connectivity index (χ2n) is 9.41. The maximum absolute atomic E-state index is 13.2. The second-order valence-corrected chi connectivity index (χ2v) is 10.3. The number of rotatable bonds is 4. The Labute approximate surface area is 186 Å². The molecule has 2 saturated heterocycles. The Balaban J connectivity index is 1.72. The smallest absolute Gasteiger partial charge is 0.262 e. The first-order valence-electron chi connectivity index (χ1n) is 11.2. The van der Waals surface area contributed by atoms with Crippen LogP contribution in [-0.4, -0.2) is 60.4 Å². The zero-order valence-corrected chi connectivity index (χ0v) is 19.5. The number of likely N-dealkylation sites (tertiary alicyclic amines) is 1. The molecule has 2 N–H and O–H groups in total. The van der Waals surface area contributed by atoms with Crippen LogP contribution in [0.3, 0.4) is 0 Å². The summed E-state index contributed by atoms with van der Waals surface area (Å²) in [4.78, 5) is 15.6. The van der Waals surface area contributed by atoms with E-state index in [4.69, 9.17) is 9.47 Å². The highest BCUT2D eigenvalue weighted by Crippen LogP contribution is 2.61. The number of fused-ring (bicyclic) bond motifs is 1. The van der Waals surface area contributed by atoms with Gasteiger partial charge in [0.25, 0.3) is 5.91 Å². The number of carbonyl (C=O) groups is 1. The van der Waals surface area contributed by atoms with E-state index in [9.17, 15) is 9.90 Å². The van der Waals surface area contributed by atoms with Crippen molar-refractivity contribution >= 4 is 21.8 Å². The highest BCUT2D eigenvalue weighted by Gasteiger charge is 2.69. The van der Waals surface area contributed by atoms with Crippen molar-refractivity contribution in [3.8, 4) is 11.5 Å². The molecule has 3 fully saturated rings. The van der Waals surface area contributed by atoms with Crippen LogP contribution in [0.15, 0.2) is 10.5 Å². The lowest BCUT2D eigenvalue weighted by molar-refractivity contribution is -0.160. The molecule has 0 bridgehead atoms. The van der Waals surface area contributed by atoms with Crippen LogP contribution in [-0.2, 0) is 16.6 Å². The molecule has 1 aromatic carbocycles. The highest BCUT2D eigenvalue weighted by atomic mass is 79.9. The van der Waals surface area contributed by atoms with E-state index in [0.717, 1.165) is 41.0 Å². The van der Waals surface area contributed by atoms with E-state index in [1.807, 2.05) is 0 Å². The van der Waals surface area contributed by atoms with Crippen LogP contribution in [0.2, 0.25) is 0 Å². The molecule has 0 unspecified atom stereocenters. The van der Waals surface area contributed by atoms with Crippen LogP contribution in [0.1, 0.15) is 50.7 Å². The number of aryl methyl sites for hydroxylation is 1. The summed E-state index contributed by atoms with van der Waals surface area (Å²) in [5, 5.41) is 15.5. The summed E-state index contributed by atoms with van der Waals surface area (Å²) in [5.74, 6) is 1.84. The van der Waals surface area contributed by atoms with Gasteiger partial charge in [0.1, 0.15) is 0 Å². The Hall–Kier alpha value is -1.31. The number of ether oxygens (including phenoxy) is 2. The van der Waals surface area contributed by atoms with Crippen LogP contribution in [0.5, 0.6) is 11.5 Å². The second kappa shape index (κ2) is 7.10. The van der Waals surface area contributed by atoms with Crippen LogP contribution in [0.25, 0.3) is 0 Å². The largest absolute Gasteiger partial charge is 0.492 e. The van der Waals surface area contributed by atoms with E-state index < -0.39 is 17.1 Å². The van der Waals surface area contributed by atoms with Gasteiger partial charge < -0.3 is 19.9 Å². The first-order valence-corrected chi connectivity index (χ1v) is 12.0. The van der Waals surface area contributed by atoms with Crippen molar-refractivity contribution in [2.45, 2.75) is 69.1 Å². The number of halogens is 1. The fourth-order valence-electron chi connectivity index (χ4n) is 6.24. The van der Waals surface area contributed by atoms with Gasteiger partial charge >= 0.3 is 0 Å². The predicted molar refractivity (Wildman–Crippen MR) is 117 cm³/mol. The van der Waals surface area contributed by atoms with Crippen LogP contribution in [0, 0.1) is 5.92 Å². The van der Waals surface area contributed by atoms with Gasteiger partial charge in [-0.05, 0) is 79.1 Å². The minimum Gasteiger partial charge on any atom is -0.492 e. The van der Waals surface area contributed by atoms with E-state index in [0.29, 0.717) is 30.9 Å². The van der Waals surface area contributed by atoms with E-state index in [-0.39, 0.29) is 11.9 Å². The highest BCUT2D eigenvalue weighted by molar-refractivity contribution is 9.10. The molecule has 1 amide bonds. The van der Waals surface area contributed by atoms with Crippen molar-refractivity contribution in [3.05, 3.63) is 21.7 Å². The van der Waals surface area contributed by atoms with Crippen molar-refractivity contribution in [3.63, 3.8) is 0 Å². The summed E-state index contributed by atoms with van der Waals surface area (Å²) in [6, 6.07) is 2.01. The minimum absolute atomic E-state index is 0.0593. The number of amides is 1. The van der Waals surface area contributed by atoms with E-state index >= 15 is 0 Å². The Kier molecular flexibility index (Phi) is 4.88. The topological polar surface area (TPSA) is 71.0 Å². The molecular weight excluding hydrogens is 448 g/mol. The van der Waals surface area contributed by atoms with Crippen molar-refractivity contribution in [2.24, 2.45) is 5.92 Å². The molecule has 164 valence electrons. The third-order valence-electron chi connectivity index (χ3n) is 8.02. The number of nitrogens with zero attached hydrogens (tertiary/aromatic N) is 1. The first kappa shape index (κ1) is 20.6. The molecule has 3 aliphatic heterocycles. The van der Waals surface area contributed by atoms with Gasteiger partial charge in [0.05, 0.1) is 22.6 Å². The van der Waals surface area contributed by atoms with Gasteiger partial charge in [-0.15, -0.1) is 0 Å². The normalized spacial score (nSPS) is 35.6. The lowest BCUT2D eigenvalue weighted by atomic mass is 9.56. The maximum atomic E-state index is 13.2. The van der Waals surface area contributed by atoms with Crippen molar-refractivity contribution in [2.75, 3.05) is 26.7 Å². The molecule has 0 aromatic heterocycles. The summed E-state index contributed by atoms with van der Waals surface area (Å²) >= 11 is 3.61. The van der Waals surface area contributed by atoms with Crippen molar-refractivity contribution in [1.29, 1.82) is 0 Å². The van der Waals surface area contributed by atoms with Crippen molar-refractivity contribution < 1.29 is 19.4 Å². The molecule has 0 radical (unpaired) electrons. The van der Waals surface area contributed by atoms with Crippen LogP contribution >= 0.6 is 15.9 Å². The fourth-order valence-corrected chi connectivity index (χ4v) is 6.86. The van der Waals surface area contributed by atoms with Gasteiger partial charge in [0.15, 0.2) is 17.6 Å². The average Bonchev–Trinajstić information content (AvgIpc) is 3.49. The first-order chi connectivity index (χ1) is 14.4. The zero-order chi connectivity index (χ0) is 21.3. The van der Waals surface area contributed by atoms with Gasteiger partial charge in [-0.2, -0.15) is 0 Å². The van der Waals surface area contributed by atoms with Gasteiger partial charge in [0.2, 0.25) is 0 Å². The summed E-state index contributed by atoms with van der Waals surface area (Å²) < 4.78 is 12.9. The van der Waals surface area contributed by atoms with Gasteiger partial charge in [0, 0.05) is 24.7 Å². The molecule has 1 aliphatic carbocycles. The molecule has 6 nitrogen and oxygen atoms in total. The molecule has 1 aromatic rings. The van der Waals surface area contributed by atoms with Gasteiger partial charge in [-0.3, -0.25) is 9.69 Å². The van der Waals surface area contributed by atoms with Crippen LogP contribution < -0.4 is 14.8 Å². The van der Waals surface area contributed by atoms with Crippen molar-refractivity contribution in [1.82, 2.24) is 10.2 Å². The number of benzene rings is 1. The quantitative estimate of drug-likeness (QED) is 0.695. The minimum atomic E-state index is -1.07. The molecule has 1 spiro atoms. The number of piperidine rings is 1. The number of carbonyl (C=O) groups excluding carboxylic acids is 1. The number of hydrogen-bond acceptors (Lipinski definition) is 5. The van der Waals surface area contributed by atoms with Gasteiger partial charge in [-0.25, -0.2) is 0 Å². The van der Waals surface area contributed by atoms with E-state index in [2.05, 4.69) is 46.1 Å². The molecule has 1 saturated carbocycles. The van der Waals surface area contributed by atoms with E-state index in [1.54, 1.807) is 7.11 Å². The summed E-state index contributed by atoms with van der Waals surface area (Å²) in [6.45, 7) is 6.59. The third-order valence-corrected chi connectivity index (χ3v) is 8.61. The molecule has 4 atom stereocenters. The van der Waals surface area contributed by atoms with Crippen LogP contribution in [0.4, 0.5) is 0 Å². The average molecular weight is 479 g/mol. The maximum Gasteiger partial charge on any atom is 0.262 e. The molecule has 3 heterocycles. The summed E-state index contributed by atoms with van der Waals surface area (Å²) in [6.07, 6.45) is 3.82. The Bertz CT molecular complexity index is 888. The lowest BCUT2D eigenvalue weighted by Gasteiger charge is -2.56. The summed E-state index contributed by atoms with van der Waals surface area (Å²) in [7, 11) is 1.62. The molecule has 5 rings (SSSR count). The number of nitrogens with one attached hydrogen (secondary N) is 1. The SMILES string of the molecule is CCc1cc(Br)c(OC)c2c1[C@]13CCN(CC4CC4)[C@H](C)[C@]1(O)CCNC(=O)[C@@H]3O2. The monoisotopic (exact) mass is 478 g/mol. The number of methoxy groups -OCH3 is 1. The number of aliphatic hydroxyl groups is 1. The zero-order valence-electron chi connectivity index (χ0n) is 18.0. The molecule has 7 heteroatoms. The number of hydrogen-bond donors (Lipinski definition) is 2. The third kappa shape index (κ3) is 2.64. The standard InChI is InChI=1S/C23H31BrN2O4/c1-4-15-11-16(24)18(29-3)19-17(15)22-8-10-26(12-14-5-6-14)13(2)23(22,28)7-9-25-21(27)20(22)30-19/h11,13-14,20,28H,4-10,12H2,1-3H3,(H,25,27)/t13-,20+,22+,23-/m1/s1. The predicted octanol–water partition coefficient (Wildman–Crippen LogP) is 2.77. The molecular formula is C23H31BrN2O4. The molecule has 4 aliphatic rings. The van der Waals surface area contributed by atoms with Gasteiger partial charge in [-0.1, -0.05) is 6.92 Å². The summed E-state index contributed by atoms with van der Waals surface area (Å²) in [5.41, 5.74) is 0.239. The lowest BCUT2D eigenvalue weighted by Crippen LogP contribution is -2.71. The molecule has 30 heavy (non-hydrogen) atoms. The Morgan fingerprint density at radius 3 is 2.83 bits per heavy atom. The Morgan fingerprint density at radius 1 is 1.40 bits per heavy atom. The Morgan fingerprint density at radius 2 is 2.17 bits per heavy atom.